The first-order chi connectivity index (χ1) is 14.8. The summed E-state index contributed by atoms with van der Waals surface area (Å²) in [5, 5.41) is 11.3. The fourth-order valence-corrected chi connectivity index (χ4v) is 6.13. The lowest BCUT2D eigenvalue weighted by atomic mass is 9.55. The maximum Gasteiger partial charge on any atom is 0.336 e. The van der Waals surface area contributed by atoms with E-state index in [0.29, 0.717) is 30.4 Å². The van der Waals surface area contributed by atoms with Crippen molar-refractivity contribution < 1.29 is 38.4 Å². The van der Waals surface area contributed by atoms with Gasteiger partial charge in [0.05, 0.1) is 11.7 Å². The fourth-order valence-electron chi connectivity index (χ4n) is 6.13. The molecule has 176 valence electrons. The number of epoxide rings is 1. The van der Waals surface area contributed by atoms with Crippen molar-refractivity contribution in [3.63, 3.8) is 0 Å². The Balaban J connectivity index is 1.89. The maximum absolute atomic E-state index is 12.4. The maximum atomic E-state index is 12.4. The van der Waals surface area contributed by atoms with Gasteiger partial charge in [0.15, 0.2) is 0 Å². The molecule has 2 aliphatic heterocycles. The minimum absolute atomic E-state index is 0.129. The molecule has 1 saturated carbocycles. The standard InChI is InChI=1S/C24H32O8/c1-12-7-8-18(29-14(3)25)22(5)17(9-16-13(2)21(27)32-24(16,28)11-12)23(6)20(31-23)10-19(22)30-15(4)26/h11,17-20,28H,7-10H2,1-6H3/b12-11-/t17-,18+,19+,20-,22+,23+,24?/m1/s1. The van der Waals surface area contributed by atoms with Gasteiger partial charge in [0.1, 0.15) is 12.2 Å². The van der Waals surface area contributed by atoms with Gasteiger partial charge in [-0.05, 0) is 46.1 Å². The highest BCUT2D eigenvalue weighted by Gasteiger charge is 2.72. The van der Waals surface area contributed by atoms with E-state index < -0.39 is 46.9 Å². The van der Waals surface area contributed by atoms with Crippen LogP contribution in [0.4, 0.5) is 0 Å². The number of ether oxygens (including phenoxy) is 4. The molecule has 0 bridgehead atoms. The van der Waals surface area contributed by atoms with E-state index >= 15 is 0 Å². The van der Waals surface area contributed by atoms with E-state index in [2.05, 4.69) is 0 Å². The number of allylic oxidation sites excluding steroid dienone is 1. The average Bonchev–Trinajstić information content (AvgIpc) is 3.27. The van der Waals surface area contributed by atoms with Crippen molar-refractivity contribution >= 4 is 17.9 Å². The van der Waals surface area contributed by atoms with Crippen LogP contribution in [-0.4, -0.2) is 52.7 Å². The predicted octanol–water partition coefficient (Wildman–Crippen LogP) is 2.73. The molecule has 4 rings (SSSR count). The second-order valence-corrected chi connectivity index (χ2v) is 10.1. The summed E-state index contributed by atoms with van der Waals surface area (Å²) in [5.74, 6) is -3.52. The van der Waals surface area contributed by atoms with Crippen molar-refractivity contribution in [2.75, 3.05) is 0 Å². The van der Waals surface area contributed by atoms with Gasteiger partial charge in [-0.25, -0.2) is 4.79 Å². The van der Waals surface area contributed by atoms with Crippen molar-refractivity contribution in [1.29, 1.82) is 0 Å². The van der Waals surface area contributed by atoms with E-state index in [-0.39, 0.29) is 18.4 Å². The van der Waals surface area contributed by atoms with Gasteiger partial charge in [0, 0.05) is 42.7 Å². The molecule has 1 saturated heterocycles. The highest BCUT2D eigenvalue weighted by Crippen LogP contribution is 2.63. The monoisotopic (exact) mass is 448 g/mol. The summed E-state index contributed by atoms with van der Waals surface area (Å²) in [4.78, 5) is 36.6. The first kappa shape index (κ1) is 23.0. The number of carbonyl (C=O) groups excluding carboxylic acids is 3. The Bertz CT molecular complexity index is 934. The van der Waals surface area contributed by atoms with Crippen molar-refractivity contribution in [2.24, 2.45) is 11.3 Å². The van der Waals surface area contributed by atoms with Crippen molar-refractivity contribution in [1.82, 2.24) is 0 Å². The van der Waals surface area contributed by atoms with E-state index in [1.807, 2.05) is 20.8 Å². The number of esters is 3. The largest absolute Gasteiger partial charge is 0.462 e. The molecule has 0 spiro atoms. The summed E-state index contributed by atoms with van der Waals surface area (Å²) < 4.78 is 23.2. The minimum Gasteiger partial charge on any atom is -0.462 e. The third-order valence-electron chi connectivity index (χ3n) is 7.94. The van der Waals surface area contributed by atoms with Crippen LogP contribution in [0.5, 0.6) is 0 Å². The molecular weight excluding hydrogens is 416 g/mol. The highest BCUT2D eigenvalue weighted by atomic mass is 16.7. The van der Waals surface area contributed by atoms with Crippen LogP contribution in [0.15, 0.2) is 22.8 Å². The molecule has 1 unspecified atom stereocenters. The van der Waals surface area contributed by atoms with Crippen molar-refractivity contribution in [3.05, 3.63) is 22.8 Å². The molecule has 0 amide bonds. The van der Waals surface area contributed by atoms with Crippen LogP contribution in [0.2, 0.25) is 0 Å². The van der Waals surface area contributed by atoms with Gasteiger partial charge in [-0.15, -0.1) is 0 Å². The number of hydrogen-bond acceptors (Lipinski definition) is 8. The smallest absolute Gasteiger partial charge is 0.336 e. The van der Waals surface area contributed by atoms with Gasteiger partial charge in [0.25, 0.3) is 5.79 Å². The molecule has 0 aromatic rings. The van der Waals surface area contributed by atoms with Gasteiger partial charge in [-0.2, -0.15) is 0 Å². The summed E-state index contributed by atoms with van der Waals surface area (Å²) in [6.45, 7) is 10.2. The van der Waals surface area contributed by atoms with Crippen LogP contribution in [0, 0.1) is 11.3 Å². The van der Waals surface area contributed by atoms with E-state index in [9.17, 15) is 19.5 Å². The molecule has 8 heteroatoms. The summed E-state index contributed by atoms with van der Waals surface area (Å²) in [6, 6.07) is 0. The molecule has 0 aromatic heterocycles. The second kappa shape index (κ2) is 7.42. The normalized spacial score (nSPS) is 44.8. The number of aliphatic hydroxyl groups is 1. The molecule has 2 fully saturated rings. The van der Waals surface area contributed by atoms with Gasteiger partial charge in [0.2, 0.25) is 0 Å². The molecular formula is C24H32O8. The fraction of sp³-hybridized carbons (Fsp3) is 0.708. The van der Waals surface area contributed by atoms with E-state index in [1.54, 1.807) is 13.0 Å². The van der Waals surface area contributed by atoms with Crippen molar-refractivity contribution in [3.8, 4) is 0 Å². The van der Waals surface area contributed by atoms with Crippen LogP contribution in [0.1, 0.15) is 67.2 Å². The SMILES string of the molecule is CC(=O)O[C@H]1CC/C(C)=C\C2(O)OC(=O)C(C)=C2C[C@H]2[C@]3(C)O[C@@H]3C[C@H](OC(C)=O)[C@]12C. The lowest BCUT2D eigenvalue weighted by Crippen LogP contribution is -2.59. The quantitative estimate of drug-likeness (QED) is 0.297. The van der Waals surface area contributed by atoms with Crippen LogP contribution in [0.25, 0.3) is 0 Å². The first-order valence-electron chi connectivity index (χ1n) is 11.2. The summed E-state index contributed by atoms with van der Waals surface area (Å²) >= 11 is 0. The molecule has 1 N–H and O–H groups in total. The Morgan fingerprint density at radius 3 is 2.38 bits per heavy atom. The van der Waals surface area contributed by atoms with Crippen LogP contribution < -0.4 is 0 Å². The third kappa shape index (κ3) is 3.48. The van der Waals surface area contributed by atoms with Crippen LogP contribution in [-0.2, 0) is 33.3 Å². The third-order valence-corrected chi connectivity index (χ3v) is 7.94. The molecule has 8 nitrogen and oxygen atoms in total. The average molecular weight is 449 g/mol. The number of hydrogen-bond donors (Lipinski definition) is 1. The molecule has 0 radical (unpaired) electrons. The summed E-state index contributed by atoms with van der Waals surface area (Å²) in [7, 11) is 0. The zero-order valence-electron chi connectivity index (χ0n) is 19.5. The van der Waals surface area contributed by atoms with Gasteiger partial charge in [-0.1, -0.05) is 12.5 Å². The van der Waals surface area contributed by atoms with Crippen LogP contribution >= 0.6 is 0 Å². The van der Waals surface area contributed by atoms with Crippen LogP contribution in [0.3, 0.4) is 0 Å². The van der Waals surface area contributed by atoms with E-state index in [1.165, 1.54) is 13.8 Å². The molecule has 4 aliphatic rings. The van der Waals surface area contributed by atoms with E-state index in [0.717, 1.165) is 5.57 Å². The highest BCUT2D eigenvalue weighted by molar-refractivity contribution is 5.92. The topological polar surface area (TPSA) is 112 Å². The predicted molar refractivity (Wildman–Crippen MR) is 112 cm³/mol. The molecule has 0 aromatic carbocycles. The molecule has 2 heterocycles. The van der Waals surface area contributed by atoms with Gasteiger partial charge < -0.3 is 24.1 Å². The van der Waals surface area contributed by atoms with Gasteiger partial charge in [-0.3, -0.25) is 9.59 Å². The zero-order chi connectivity index (χ0) is 23.6. The lowest BCUT2D eigenvalue weighted by Gasteiger charge is -2.51. The van der Waals surface area contributed by atoms with E-state index in [4.69, 9.17) is 18.9 Å². The second-order valence-electron chi connectivity index (χ2n) is 10.1. The number of rotatable bonds is 2. The van der Waals surface area contributed by atoms with Gasteiger partial charge >= 0.3 is 17.9 Å². The minimum atomic E-state index is -1.82. The zero-order valence-corrected chi connectivity index (χ0v) is 19.5. The molecule has 2 aliphatic carbocycles. The lowest BCUT2D eigenvalue weighted by molar-refractivity contribution is -0.190. The number of fused-ring (bicyclic) bond motifs is 4. The Kier molecular flexibility index (Phi) is 5.33. The Labute approximate surface area is 187 Å². The first-order valence-corrected chi connectivity index (χ1v) is 11.2. The summed E-state index contributed by atoms with van der Waals surface area (Å²) in [6.07, 6.45) is 2.08. The number of carbonyl (C=O) groups is 3. The Morgan fingerprint density at radius 2 is 1.75 bits per heavy atom. The molecule has 7 atom stereocenters. The molecule has 32 heavy (non-hydrogen) atoms. The van der Waals surface area contributed by atoms with Crippen molar-refractivity contribution in [2.45, 2.75) is 96.9 Å². The Hall–Kier alpha value is -2.19. The summed E-state index contributed by atoms with van der Waals surface area (Å²) in [5.41, 5.74) is 0.260. The Morgan fingerprint density at radius 1 is 1.12 bits per heavy atom.